The van der Waals surface area contributed by atoms with Crippen molar-refractivity contribution in [3.63, 3.8) is 0 Å². The van der Waals surface area contributed by atoms with E-state index in [1.165, 1.54) is 51.7 Å². The van der Waals surface area contributed by atoms with E-state index in [9.17, 15) is 0 Å². The van der Waals surface area contributed by atoms with E-state index in [2.05, 4.69) is 37.7 Å². The van der Waals surface area contributed by atoms with E-state index in [1.807, 2.05) is 0 Å². The molecule has 118 valence electrons. The fourth-order valence-electron chi connectivity index (χ4n) is 4.39. The van der Waals surface area contributed by atoms with E-state index >= 15 is 0 Å². The van der Waals surface area contributed by atoms with Crippen molar-refractivity contribution in [1.29, 1.82) is 0 Å². The van der Waals surface area contributed by atoms with E-state index in [0.717, 1.165) is 24.3 Å². The van der Waals surface area contributed by atoms with Gasteiger partial charge in [0.2, 0.25) is 0 Å². The van der Waals surface area contributed by atoms with E-state index in [4.69, 9.17) is 5.73 Å². The first-order valence-electron chi connectivity index (χ1n) is 8.56. The van der Waals surface area contributed by atoms with Crippen molar-refractivity contribution in [2.24, 2.45) is 23.5 Å². The summed E-state index contributed by atoms with van der Waals surface area (Å²) in [5.41, 5.74) is 6.56. The second-order valence-corrected chi connectivity index (χ2v) is 7.82. The van der Waals surface area contributed by atoms with E-state index in [-0.39, 0.29) is 0 Å². The molecule has 2 rings (SSSR count). The molecule has 0 amide bonds. The van der Waals surface area contributed by atoms with E-state index < -0.39 is 0 Å². The monoisotopic (exact) mass is 281 g/mol. The van der Waals surface area contributed by atoms with Crippen molar-refractivity contribution < 1.29 is 0 Å². The second kappa shape index (κ2) is 6.76. The Morgan fingerprint density at radius 1 is 1.10 bits per heavy atom. The van der Waals surface area contributed by atoms with Crippen LogP contribution in [0.2, 0.25) is 0 Å². The zero-order valence-corrected chi connectivity index (χ0v) is 14.1. The number of hydrogen-bond donors (Lipinski definition) is 1. The lowest BCUT2D eigenvalue weighted by Gasteiger charge is -2.51. The molecule has 0 aromatic rings. The Kier molecular flexibility index (Phi) is 5.49. The molecule has 0 aromatic heterocycles. The first kappa shape index (κ1) is 16.3. The number of likely N-dealkylation sites (tertiary alicyclic amines) is 1. The first-order chi connectivity index (χ1) is 9.47. The van der Waals surface area contributed by atoms with Gasteiger partial charge in [-0.15, -0.1) is 0 Å². The molecule has 1 aliphatic carbocycles. The van der Waals surface area contributed by atoms with Crippen molar-refractivity contribution in [3.8, 4) is 0 Å². The fraction of sp³-hybridized carbons (Fsp3) is 1.00. The van der Waals surface area contributed by atoms with Crippen molar-refractivity contribution in [3.05, 3.63) is 0 Å². The molecule has 2 fully saturated rings. The van der Waals surface area contributed by atoms with E-state index in [0.29, 0.717) is 5.54 Å². The van der Waals surface area contributed by atoms with E-state index in [1.54, 1.807) is 0 Å². The van der Waals surface area contributed by atoms with Crippen molar-refractivity contribution >= 4 is 0 Å². The second-order valence-electron chi connectivity index (χ2n) is 7.82. The third-order valence-electron chi connectivity index (χ3n) is 6.03. The van der Waals surface area contributed by atoms with Crippen LogP contribution in [-0.2, 0) is 0 Å². The predicted molar refractivity (Wildman–Crippen MR) is 86.8 cm³/mol. The quantitative estimate of drug-likeness (QED) is 0.859. The molecule has 1 heterocycles. The summed E-state index contributed by atoms with van der Waals surface area (Å²) >= 11 is 0. The number of piperidine rings is 1. The molecule has 20 heavy (non-hydrogen) atoms. The van der Waals surface area contributed by atoms with Crippen LogP contribution in [0.3, 0.4) is 0 Å². The lowest BCUT2D eigenvalue weighted by atomic mass is 9.69. The summed E-state index contributed by atoms with van der Waals surface area (Å²) in [6.07, 6.45) is 6.68. The highest BCUT2D eigenvalue weighted by molar-refractivity contribution is 4.98. The molecule has 3 heteroatoms. The van der Waals surface area contributed by atoms with Gasteiger partial charge in [-0.2, -0.15) is 0 Å². The third kappa shape index (κ3) is 3.55. The Balaban J connectivity index is 1.93. The van der Waals surface area contributed by atoms with Crippen LogP contribution in [0.25, 0.3) is 0 Å². The normalized spacial score (nSPS) is 37.5. The molecule has 0 aromatic carbocycles. The average molecular weight is 281 g/mol. The lowest BCUT2D eigenvalue weighted by molar-refractivity contribution is -0.00336. The Hall–Kier alpha value is -0.120. The number of nitrogens with zero attached hydrogens (tertiary/aromatic N) is 2. The van der Waals surface area contributed by atoms with Crippen molar-refractivity contribution in [2.75, 3.05) is 40.3 Å². The Morgan fingerprint density at radius 3 is 2.25 bits per heavy atom. The van der Waals surface area contributed by atoms with Crippen LogP contribution in [-0.4, -0.2) is 55.6 Å². The fourth-order valence-corrected chi connectivity index (χ4v) is 4.39. The van der Waals surface area contributed by atoms with Crippen LogP contribution in [0.5, 0.6) is 0 Å². The molecule has 2 N–H and O–H groups in total. The van der Waals surface area contributed by atoms with Gasteiger partial charge in [-0.1, -0.05) is 13.8 Å². The number of hydrogen-bond acceptors (Lipinski definition) is 3. The maximum absolute atomic E-state index is 6.24. The molecule has 3 atom stereocenters. The summed E-state index contributed by atoms with van der Waals surface area (Å²) in [5.74, 6) is 2.59. The molecular weight excluding hydrogens is 246 g/mol. The Bertz CT molecular complexity index is 297. The largest absolute Gasteiger partial charge is 0.329 e. The number of nitrogens with two attached hydrogens (primary N) is 1. The van der Waals surface area contributed by atoms with Gasteiger partial charge in [-0.05, 0) is 77.0 Å². The third-order valence-corrected chi connectivity index (χ3v) is 6.03. The van der Waals surface area contributed by atoms with Gasteiger partial charge in [0.15, 0.2) is 0 Å². The zero-order chi connectivity index (χ0) is 14.8. The minimum atomic E-state index is 0.314. The van der Waals surface area contributed by atoms with Crippen LogP contribution >= 0.6 is 0 Å². The van der Waals surface area contributed by atoms with Gasteiger partial charge < -0.3 is 10.6 Å². The minimum absolute atomic E-state index is 0.314. The molecular formula is C17H35N3. The SMILES string of the molecule is CC1CCC(CN)(N2CCC(CN(C)C)CC2)CC1C. The molecule has 3 nitrogen and oxygen atoms in total. The predicted octanol–water partition coefficient (Wildman–Crippen LogP) is 2.41. The van der Waals surface area contributed by atoms with Crippen LogP contribution < -0.4 is 5.73 Å². The summed E-state index contributed by atoms with van der Waals surface area (Å²) in [4.78, 5) is 5.09. The summed E-state index contributed by atoms with van der Waals surface area (Å²) in [5, 5.41) is 0. The molecule has 2 aliphatic rings. The molecule has 1 aliphatic heterocycles. The maximum atomic E-state index is 6.24. The Morgan fingerprint density at radius 2 is 1.75 bits per heavy atom. The van der Waals surface area contributed by atoms with Gasteiger partial charge in [-0.3, -0.25) is 4.90 Å². The molecule has 0 spiro atoms. The average Bonchev–Trinajstić information content (AvgIpc) is 2.42. The summed E-state index contributed by atoms with van der Waals surface area (Å²) in [6.45, 7) is 9.45. The standard InChI is InChI=1S/C17H35N3/c1-14-5-8-17(13-18,11-15(14)2)20-9-6-16(7-10-20)12-19(3)4/h14-16H,5-13,18H2,1-4H3. The molecule has 1 saturated heterocycles. The highest BCUT2D eigenvalue weighted by Gasteiger charge is 2.42. The molecule has 3 unspecified atom stereocenters. The van der Waals surface area contributed by atoms with Crippen LogP contribution in [0.1, 0.15) is 46.0 Å². The summed E-state index contributed by atoms with van der Waals surface area (Å²) in [6, 6.07) is 0. The van der Waals surface area contributed by atoms with Crippen molar-refractivity contribution in [2.45, 2.75) is 51.5 Å². The smallest absolute Gasteiger partial charge is 0.0334 e. The minimum Gasteiger partial charge on any atom is -0.329 e. The number of rotatable bonds is 4. The van der Waals surface area contributed by atoms with Crippen LogP contribution in [0.15, 0.2) is 0 Å². The topological polar surface area (TPSA) is 32.5 Å². The summed E-state index contributed by atoms with van der Waals surface area (Å²) < 4.78 is 0. The van der Waals surface area contributed by atoms with Gasteiger partial charge in [0, 0.05) is 18.6 Å². The first-order valence-corrected chi connectivity index (χ1v) is 8.56. The highest BCUT2D eigenvalue weighted by Crippen LogP contribution is 2.40. The van der Waals surface area contributed by atoms with Gasteiger partial charge >= 0.3 is 0 Å². The highest BCUT2D eigenvalue weighted by atomic mass is 15.2. The van der Waals surface area contributed by atoms with Gasteiger partial charge in [0.25, 0.3) is 0 Å². The van der Waals surface area contributed by atoms with Crippen LogP contribution in [0.4, 0.5) is 0 Å². The Labute approximate surface area is 125 Å². The molecule has 0 radical (unpaired) electrons. The summed E-state index contributed by atoms with van der Waals surface area (Å²) in [7, 11) is 4.38. The molecule has 1 saturated carbocycles. The van der Waals surface area contributed by atoms with Crippen LogP contribution in [0, 0.1) is 17.8 Å². The molecule has 0 bridgehead atoms. The van der Waals surface area contributed by atoms with Gasteiger partial charge in [0.1, 0.15) is 0 Å². The van der Waals surface area contributed by atoms with Gasteiger partial charge in [-0.25, -0.2) is 0 Å². The van der Waals surface area contributed by atoms with Crippen molar-refractivity contribution in [1.82, 2.24) is 9.80 Å². The zero-order valence-electron chi connectivity index (χ0n) is 14.1. The maximum Gasteiger partial charge on any atom is 0.0334 e. The lowest BCUT2D eigenvalue weighted by Crippen LogP contribution is -2.59. The van der Waals surface area contributed by atoms with Gasteiger partial charge in [0.05, 0.1) is 0 Å².